The lowest BCUT2D eigenvalue weighted by atomic mass is 10.1. The molecule has 24 heavy (non-hydrogen) atoms. The first-order valence-electron chi connectivity index (χ1n) is 7.97. The lowest BCUT2D eigenvalue weighted by Gasteiger charge is -2.26. The van der Waals surface area contributed by atoms with E-state index in [0.717, 1.165) is 32.4 Å². The normalized spacial score (nSPS) is 14.5. The average molecular weight is 347 g/mol. The zero-order valence-corrected chi connectivity index (χ0v) is 14.2. The molecule has 0 spiro atoms. The summed E-state index contributed by atoms with van der Waals surface area (Å²) in [6.07, 6.45) is 4.63. The second kappa shape index (κ2) is 7.05. The van der Waals surface area contributed by atoms with Crippen LogP contribution in [-0.2, 0) is 4.79 Å². The van der Waals surface area contributed by atoms with Crippen molar-refractivity contribution >= 4 is 29.2 Å². The smallest absolute Gasteiger partial charge is 0.259 e. The van der Waals surface area contributed by atoms with Gasteiger partial charge in [0.25, 0.3) is 5.91 Å². The number of carbonyl (C=O) groups excluding carboxylic acids is 2. The molecule has 6 nitrogen and oxygen atoms in total. The number of para-hydroxylation sites is 1. The molecule has 1 aliphatic heterocycles. The largest absolute Gasteiger partial charge is 0.338 e. The molecule has 1 aliphatic rings. The Bertz CT molecular complexity index is 766. The summed E-state index contributed by atoms with van der Waals surface area (Å²) >= 11 is 6.24. The Morgan fingerprint density at radius 2 is 1.88 bits per heavy atom. The minimum Gasteiger partial charge on any atom is -0.338 e. The molecule has 0 aliphatic carbocycles. The molecule has 1 N–H and O–H groups in total. The van der Waals surface area contributed by atoms with Crippen LogP contribution in [0, 0.1) is 0 Å². The number of likely N-dealkylation sites (tertiary alicyclic amines) is 1. The minimum absolute atomic E-state index is 0.114. The summed E-state index contributed by atoms with van der Waals surface area (Å²) in [5.74, 6) is -0.0283. The number of carbonyl (C=O) groups is 2. The molecule has 2 amide bonds. The van der Waals surface area contributed by atoms with Crippen LogP contribution >= 0.6 is 11.6 Å². The first-order valence-corrected chi connectivity index (χ1v) is 8.35. The number of anilines is 1. The van der Waals surface area contributed by atoms with Crippen molar-refractivity contribution in [2.75, 3.05) is 18.4 Å². The van der Waals surface area contributed by atoms with Gasteiger partial charge in [-0.2, -0.15) is 5.10 Å². The molecule has 7 heteroatoms. The van der Waals surface area contributed by atoms with Gasteiger partial charge in [0, 0.05) is 20.0 Å². The first kappa shape index (κ1) is 16.5. The minimum atomic E-state index is -0.267. The summed E-state index contributed by atoms with van der Waals surface area (Å²) in [6.45, 7) is 2.87. The molecule has 1 aromatic heterocycles. The Morgan fingerprint density at radius 1 is 1.17 bits per heavy atom. The van der Waals surface area contributed by atoms with E-state index in [-0.39, 0.29) is 11.8 Å². The van der Waals surface area contributed by atoms with Crippen LogP contribution < -0.4 is 5.32 Å². The molecule has 1 saturated heterocycles. The van der Waals surface area contributed by atoms with Gasteiger partial charge in [-0.1, -0.05) is 23.7 Å². The van der Waals surface area contributed by atoms with E-state index in [0.29, 0.717) is 22.1 Å². The SMILES string of the molecule is CC(=O)Nc1c(C(=O)N2CCCCC2)cnn1-c1ccccc1Cl. The Labute approximate surface area is 145 Å². The van der Waals surface area contributed by atoms with Crippen molar-refractivity contribution in [2.24, 2.45) is 0 Å². The lowest BCUT2D eigenvalue weighted by Crippen LogP contribution is -2.36. The van der Waals surface area contributed by atoms with Crippen LogP contribution in [0.3, 0.4) is 0 Å². The molecule has 2 aromatic rings. The summed E-state index contributed by atoms with van der Waals surface area (Å²) in [5.41, 5.74) is 0.993. The molecule has 0 bridgehead atoms. The maximum Gasteiger partial charge on any atom is 0.259 e. The molecule has 1 fully saturated rings. The molecular formula is C17H19ClN4O2. The highest BCUT2D eigenvalue weighted by Gasteiger charge is 2.25. The van der Waals surface area contributed by atoms with Crippen LogP contribution in [0.1, 0.15) is 36.5 Å². The van der Waals surface area contributed by atoms with Gasteiger partial charge in [0.2, 0.25) is 5.91 Å². The fraction of sp³-hybridized carbons (Fsp3) is 0.353. The predicted molar refractivity (Wildman–Crippen MR) is 92.6 cm³/mol. The molecule has 1 aromatic carbocycles. The highest BCUT2D eigenvalue weighted by molar-refractivity contribution is 6.32. The van der Waals surface area contributed by atoms with Crippen LogP contribution in [0.15, 0.2) is 30.5 Å². The van der Waals surface area contributed by atoms with Crippen LogP contribution in [-0.4, -0.2) is 39.6 Å². The lowest BCUT2D eigenvalue weighted by molar-refractivity contribution is -0.114. The first-order chi connectivity index (χ1) is 11.6. The molecule has 0 saturated carbocycles. The summed E-state index contributed by atoms with van der Waals surface area (Å²) in [6, 6.07) is 7.16. The Balaban J connectivity index is 2.02. The van der Waals surface area contributed by atoms with Crippen LogP contribution in [0.4, 0.5) is 5.82 Å². The van der Waals surface area contributed by atoms with Crippen LogP contribution in [0.2, 0.25) is 5.02 Å². The summed E-state index contributed by atoms with van der Waals surface area (Å²) < 4.78 is 1.50. The van der Waals surface area contributed by atoms with Crippen molar-refractivity contribution in [3.63, 3.8) is 0 Å². The Hall–Kier alpha value is -2.34. The van der Waals surface area contributed by atoms with E-state index in [1.165, 1.54) is 17.8 Å². The molecule has 0 unspecified atom stereocenters. The van der Waals surface area contributed by atoms with Crippen molar-refractivity contribution in [3.8, 4) is 5.69 Å². The van der Waals surface area contributed by atoms with Gasteiger partial charge in [-0.15, -0.1) is 0 Å². The van der Waals surface area contributed by atoms with E-state index in [4.69, 9.17) is 11.6 Å². The number of benzene rings is 1. The quantitative estimate of drug-likeness (QED) is 0.928. The maximum atomic E-state index is 12.8. The number of hydrogen-bond donors (Lipinski definition) is 1. The number of amides is 2. The fourth-order valence-electron chi connectivity index (χ4n) is 2.87. The number of nitrogens with zero attached hydrogens (tertiary/aromatic N) is 3. The topological polar surface area (TPSA) is 67.2 Å². The number of rotatable bonds is 3. The maximum absolute atomic E-state index is 12.8. The van der Waals surface area contributed by atoms with Crippen LogP contribution in [0.5, 0.6) is 0 Å². The third kappa shape index (κ3) is 3.28. The van der Waals surface area contributed by atoms with E-state index in [1.807, 2.05) is 17.0 Å². The van der Waals surface area contributed by atoms with E-state index in [9.17, 15) is 9.59 Å². The third-order valence-corrected chi connectivity index (χ3v) is 4.34. The molecule has 0 radical (unpaired) electrons. The van der Waals surface area contributed by atoms with Gasteiger partial charge in [0.05, 0.1) is 16.9 Å². The summed E-state index contributed by atoms with van der Waals surface area (Å²) in [4.78, 5) is 26.2. The highest BCUT2D eigenvalue weighted by Crippen LogP contribution is 2.27. The number of aromatic nitrogens is 2. The number of piperidine rings is 1. The second-order valence-electron chi connectivity index (χ2n) is 5.80. The molecule has 2 heterocycles. The summed E-state index contributed by atoms with van der Waals surface area (Å²) in [7, 11) is 0. The fourth-order valence-corrected chi connectivity index (χ4v) is 3.08. The predicted octanol–water partition coefficient (Wildman–Crippen LogP) is 3.11. The van der Waals surface area contributed by atoms with Crippen molar-refractivity contribution in [2.45, 2.75) is 26.2 Å². The van der Waals surface area contributed by atoms with Crippen molar-refractivity contribution in [1.29, 1.82) is 0 Å². The van der Waals surface area contributed by atoms with Gasteiger partial charge in [-0.25, -0.2) is 4.68 Å². The van der Waals surface area contributed by atoms with Gasteiger partial charge in [0.1, 0.15) is 11.4 Å². The number of hydrogen-bond acceptors (Lipinski definition) is 3. The summed E-state index contributed by atoms with van der Waals surface area (Å²) in [5, 5.41) is 7.50. The van der Waals surface area contributed by atoms with E-state index < -0.39 is 0 Å². The Kier molecular flexibility index (Phi) is 4.85. The number of halogens is 1. The highest BCUT2D eigenvalue weighted by atomic mass is 35.5. The van der Waals surface area contributed by atoms with Gasteiger partial charge in [-0.3, -0.25) is 9.59 Å². The van der Waals surface area contributed by atoms with Gasteiger partial charge in [-0.05, 0) is 31.4 Å². The molecular weight excluding hydrogens is 328 g/mol. The molecule has 126 valence electrons. The van der Waals surface area contributed by atoms with Crippen molar-refractivity contribution in [1.82, 2.24) is 14.7 Å². The standard InChI is InChI=1S/C17H19ClN4O2/c1-12(23)20-16-13(17(24)21-9-5-2-6-10-21)11-19-22(16)15-8-4-3-7-14(15)18/h3-4,7-8,11H,2,5-6,9-10H2,1H3,(H,20,23). The van der Waals surface area contributed by atoms with Gasteiger partial charge >= 0.3 is 0 Å². The average Bonchev–Trinajstić information content (AvgIpc) is 2.98. The van der Waals surface area contributed by atoms with E-state index in [1.54, 1.807) is 12.1 Å². The second-order valence-corrected chi connectivity index (χ2v) is 6.21. The molecule has 3 rings (SSSR count). The van der Waals surface area contributed by atoms with Gasteiger partial charge in [0.15, 0.2) is 0 Å². The Morgan fingerprint density at radius 3 is 2.54 bits per heavy atom. The zero-order chi connectivity index (χ0) is 17.1. The molecule has 0 atom stereocenters. The van der Waals surface area contributed by atoms with Crippen LogP contribution in [0.25, 0.3) is 5.69 Å². The van der Waals surface area contributed by atoms with Crippen molar-refractivity contribution < 1.29 is 9.59 Å². The number of nitrogens with one attached hydrogen (secondary N) is 1. The zero-order valence-electron chi connectivity index (χ0n) is 13.5. The van der Waals surface area contributed by atoms with E-state index in [2.05, 4.69) is 10.4 Å². The van der Waals surface area contributed by atoms with Gasteiger partial charge < -0.3 is 10.2 Å². The van der Waals surface area contributed by atoms with E-state index >= 15 is 0 Å². The monoisotopic (exact) mass is 346 g/mol. The van der Waals surface area contributed by atoms with Crippen molar-refractivity contribution in [3.05, 3.63) is 41.0 Å². The third-order valence-electron chi connectivity index (χ3n) is 4.02.